The van der Waals surface area contributed by atoms with Crippen molar-refractivity contribution in [2.45, 2.75) is 32.5 Å². The third-order valence-electron chi connectivity index (χ3n) is 4.13. The van der Waals surface area contributed by atoms with E-state index < -0.39 is 0 Å². The Morgan fingerprint density at radius 3 is 2.62 bits per heavy atom. The SMILES string of the molecule is CCC(C)C1NC(c2ccc(Cl)cc2)N(CCOC)C1=O. The second-order valence-corrected chi connectivity index (χ2v) is 5.94. The van der Waals surface area contributed by atoms with Gasteiger partial charge in [0, 0.05) is 18.7 Å². The zero-order valence-corrected chi connectivity index (χ0v) is 13.6. The first kappa shape index (κ1) is 16.3. The number of hydrogen-bond donors (Lipinski definition) is 1. The monoisotopic (exact) mass is 310 g/mol. The van der Waals surface area contributed by atoms with Gasteiger partial charge in [-0.05, 0) is 23.6 Å². The van der Waals surface area contributed by atoms with Crippen LogP contribution in [0.1, 0.15) is 32.0 Å². The second kappa shape index (κ2) is 7.25. The van der Waals surface area contributed by atoms with Crippen LogP contribution in [-0.2, 0) is 9.53 Å². The Labute approximate surface area is 131 Å². The fourth-order valence-electron chi connectivity index (χ4n) is 2.63. The van der Waals surface area contributed by atoms with Crippen LogP contribution in [0.25, 0.3) is 0 Å². The number of methoxy groups -OCH3 is 1. The van der Waals surface area contributed by atoms with Gasteiger partial charge in [-0.3, -0.25) is 10.1 Å². The van der Waals surface area contributed by atoms with Gasteiger partial charge in [0.15, 0.2) is 0 Å². The number of carbonyl (C=O) groups is 1. The average molecular weight is 311 g/mol. The number of amides is 1. The highest BCUT2D eigenvalue weighted by Gasteiger charge is 2.41. The molecule has 1 heterocycles. The van der Waals surface area contributed by atoms with Crippen molar-refractivity contribution in [2.75, 3.05) is 20.3 Å². The highest BCUT2D eigenvalue weighted by atomic mass is 35.5. The summed E-state index contributed by atoms with van der Waals surface area (Å²) in [5, 5.41) is 4.16. The molecule has 1 fully saturated rings. The van der Waals surface area contributed by atoms with E-state index >= 15 is 0 Å². The molecular formula is C16H23ClN2O2. The van der Waals surface area contributed by atoms with Crippen LogP contribution in [0.3, 0.4) is 0 Å². The van der Waals surface area contributed by atoms with E-state index in [4.69, 9.17) is 16.3 Å². The van der Waals surface area contributed by atoms with Crippen LogP contribution < -0.4 is 5.32 Å². The molecular weight excluding hydrogens is 288 g/mol. The summed E-state index contributed by atoms with van der Waals surface area (Å²) in [6.07, 6.45) is 0.860. The summed E-state index contributed by atoms with van der Waals surface area (Å²) in [5.74, 6) is 0.459. The van der Waals surface area contributed by atoms with Crippen molar-refractivity contribution < 1.29 is 9.53 Å². The predicted octanol–water partition coefficient (Wildman–Crippen LogP) is 2.83. The molecule has 1 amide bonds. The smallest absolute Gasteiger partial charge is 0.241 e. The van der Waals surface area contributed by atoms with E-state index in [1.807, 2.05) is 29.2 Å². The van der Waals surface area contributed by atoms with Gasteiger partial charge in [-0.15, -0.1) is 0 Å². The number of ether oxygens (including phenoxy) is 1. The molecule has 1 N–H and O–H groups in total. The lowest BCUT2D eigenvalue weighted by atomic mass is 9.99. The lowest BCUT2D eigenvalue weighted by Crippen LogP contribution is -2.36. The largest absolute Gasteiger partial charge is 0.383 e. The summed E-state index contributed by atoms with van der Waals surface area (Å²) in [7, 11) is 1.65. The highest BCUT2D eigenvalue weighted by Crippen LogP contribution is 2.29. The van der Waals surface area contributed by atoms with Gasteiger partial charge in [-0.1, -0.05) is 44.0 Å². The first-order valence-corrected chi connectivity index (χ1v) is 7.77. The molecule has 0 bridgehead atoms. The van der Waals surface area contributed by atoms with Gasteiger partial charge in [0.1, 0.15) is 6.17 Å². The van der Waals surface area contributed by atoms with Gasteiger partial charge < -0.3 is 9.64 Å². The first-order chi connectivity index (χ1) is 10.1. The lowest BCUT2D eigenvalue weighted by molar-refractivity contribution is -0.131. The molecule has 1 aromatic carbocycles. The summed E-state index contributed by atoms with van der Waals surface area (Å²) < 4.78 is 5.13. The third-order valence-corrected chi connectivity index (χ3v) is 4.39. The maximum Gasteiger partial charge on any atom is 0.241 e. The molecule has 1 aliphatic heterocycles. The van der Waals surface area contributed by atoms with Gasteiger partial charge in [0.05, 0.1) is 12.6 Å². The van der Waals surface area contributed by atoms with E-state index in [0.717, 1.165) is 12.0 Å². The van der Waals surface area contributed by atoms with Crippen molar-refractivity contribution in [3.8, 4) is 0 Å². The van der Waals surface area contributed by atoms with Crippen molar-refractivity contribution in [1.82, 2.24) is 10.2 Å². The standard InChI is InChI=1S/C16H23ClN2O2/c1-4-11(2)14-16(20)19(9-10-21-3)15(18-14)12-5-7-13(17)8-6-12/h5-8,11,14-15,18H,4,9-10H2,1-3H3. The summed E-state index contributed by atoms with van der Waals surface area (Å²) in [4.78, 5) is 14.5. The maximum absolute atomic E-state index is 12.6. The van der Waals surface area contributed by atoms with Crippen molar-refractivity contribution in [2.24, 2.45) is 5.92 Å². The van der Waals surface area contributed by atoms with Crippen LogP contribution in [0.2, 0.25) is 5.02 Å². The fraction of sp³-hybridized carbons (Fsp3) is 0.562. The number of carbonyl (C=O) groups excluding carboxylic acids is 1. The van der Waals surface area contributed by atoms with E-state index in [2.05, 4.69) is 19.2 Å². The molecule has 21 heavy (non-hydrogen) atoms. The van der Waals surface area contributed by atoms with E-state index in [-0.39, 0.29) is 18.1 Å². The Kier molecular flexibility index (Phi) is 5.62. The van der Waals surface area contributed by atoms with Crippen LogP contribution in [0.4, 0.5) is 0 Å². The number of nitrogens with one attached hydrogen (secondary N) is 1. The normalized spacial score (nSPS) is 23.6. The summed E-state index contributed by atoms with van der Waals surface area (Å²) >= 11 is 5.95. The Morgan fingerprint density at radius 1 is 1.38 bits per heavy atom. The van der Waals surface area contributed by atoms with Crippen molar-refractivity contribution in [3.63, 3.8) is 0 Å². The van der Waals surface area contributed by atoms with Gasteiger partial charge in [0.2, 0.25) is 5.91 Å². The molecule has 1 aromatic rings. The molecule has 5 heteroatoms. The third kappa shape index (κ3) is 3.57. The maximum atomic E-state index is 12.6. The zero-order chi connectivity index (χ0) is 15.4. The molecule has 0 saturated carbocycles. The Bertz CT molecular complexity index is 478. The van der Waals surface area contributed by atoms with Crippen LogP contribution in [0, 0.1) is 5.92 Å². The van der Waals surface area contributed by atoms with Crippen molar-refractivity contribution in [1.29, 1.82) is 0 Å². The number of nitrogens with zero attached hydrogens (tertiary/aromatic N) is 1. The average Bonchev–Trinajstić information content (AvgIpc) is 2.82. The van der Waals surface area contributed by atoms with Gasteiger partial charge in [-0.2, -0.15) is 0 Å². The van der Waals surface area contributed by atoms with Gasteiger partial charge in [0.25, 0.3) is 0 Å². The van der Waals surface area contributed by atoms with E-state index in [0.29, 0.717) is 24.1 Å². The lowest BCUT2D eigenvalue weighted by Gasteiger charge is -2.24. The summed E-state index contributed by atoms with van der Waals surface area (Å²) in [6.45, 7) is 5.33. The first-order valence-electron chi connectivity index (χ1n) is 7.39. The Balaban J connectivity index is 2.23. The molecule has 3 atom stereocenters. The van der Waals surface area contributed by atoms with E-state index in [9.17, 15) is 4.79 Å². The number of halogens is 1. The Morgan fingerprint density at radius 2 is 2.05 bits per heavy atom. The van der Waals surface area contributed by atoms with Crippen LogP contribution in [0.5, 0.6) is 0 Å². The minimum absolute atomic E-state index is 0.107. The van der Waals surface area contributed by atoms with Gasteiger partial charge in [-0.25, -0.2) is 0 Å². The summed E-state index contributed by atoms with van der Waals surface area (Å²) in [5.41, 5.74) is 1.05. The molecule has 4 nitrogen and oxygen atoms in total. The van der Waals surface area contributed by atoms with Crippen molar-refractivity contribution >= 4 is 17.5 Å². The molecule has 1 aliphatic rings. The van der Waals surface area contributed by atoms with Crippen LogP contribution >= 0.6 is 11.6 Å². The molecule has 1 saturated heterocycles. The molecule has 116 valence electrons. The molecule has 2 rings (SSSR count). The number of rotatable bonds is 6. The molecule has 0 aliphatic carbocycles. The minimum Gasteiger partial charge on any atom is -0.383 e. The van der Waals surface area contributed by atoms with Gasteiger partial charge >= 0.3 is 0 Å². The zero-order valence-electron chi connectivity index (χ0n) is 12.8. The molecule has 0 spiro atoms. The number of hydrogen-bond acceptors (Lipinski definition) is 3. The molecule has 0 radical (unpaired) electrons. The molecule has 0 aromatic heterocycles. The predicted molar refractivity (Wildman–Crippen MR) is 84.2 cm³/mol. The summed E-state index contributed by atoms with van der Waals surface area (Å²) in [6, 6.07) is 7.51. The quantitative estimate of drug-likeness (QED) is 0.878. The second-order valence-electron chi connectivity index (χ2n) is 5.51. The van der Waals surface area contributed by atoms with E-state index in [1.54, 1.807) is 7.11 Å². The molecule has 3 unspecified atom stereocenters. The fourth-order valence-corrected chi connectivity index (χ4v) is 2.76. The van der Waals surface area contributed by atoms with E-state index in [1.165, 1.54) is 0 Å². The highest BCUT2D eigenvalue weighted by molar-refractivity contribution is 6.30. The Hall–Kier alpha value is -1.10. The topological polar surface area (TPSA) is 41.6 Å². The van der Waals surface area contributed by atoms with Crippen molar-refractivity contribution in [3.05, 3.63) is 34.9 Å². The van der Waals surface area contributed by atoms with Crippen LogP contribution in [-0.4, -0.2) is 37.1 Å². The number of benzene rings is 1. The minimum atomic E-state index is -0.132. The van der Waals surface area contributed by atoms with Crippen LogP contribution in [0.15, 0.2) is 24.3 Å².